The lowest BCUT2D eigenvalue weighted by Gasteiger charge is -2.34. The fraction of sp³-hybridized carbons (Fsp3) is 0.500. The van der Waals surface area contributed by atoms with E-state index in [1.165, 1.54) is 6.07 Å². The minimum absolute atomic E-state index is 0.235. The first kappa shape index (κ1) is 9.40. The molecule has 0 radical (unpaired) electrons. The molecule has 1 aromatic rings. The molecular weight excluding hydrogens is 181 g/mol. The van der Waals surface area contributed by atoms with Gasteiger partial charge in [0.25, 0.3) is 0 Å². The number of hydrogen-bond acceptors (Lipinski definition) is 3. The molecule has 0 aromatic carbocycles. The second-order valence-corrected chi connectivity index (χ2v) is 3.56. The van der Waals surface area contributed by atoms with Crippen molar-refractivity contribution in [2.24, 2.45) is 0 Å². The number of nitrogens with one attached hydrogen (secondary N) is 1. The van der Waals surface area contributed by atoms with Gasteiger partial charge in [-0.2, -0.15) is 0 Å². The molecule has 1 aliphatic heterocycles. The van der Waals surface area contributed by atoms with Crippen molar-refractivity contribution in [3.63, 3.8) is 0 Å². The molecule has 0 amide bonds. The number of halogens is 1. The van der Waals surface area contributed by atoms with Crippen LogP contribution in [0.1, 0.15) is 6.92 Å². The summed E-state index contributed by atoms with van der Waals surface area (Å²) in [6.07, 6.45) is 1.63. The quantitative estimate of drug-likeness (QED) is 0.725. The number of hydrogen-bond donors (Lipinski definition) is 1. The van der Waals surface area contributed by atoms with E-state index < -0.39 is 0 Å². The Morgan fingerprint density at radius 2 is 2.50 bits per heavy atom. The average molecular weight is 195 g/mol. The van der Waals surface area contributed by atoms with Crippen LogP contribution in [0.3, 0.4) is 0 Å². The third-order valence-electron chi connectivity index (χ3n) is 2.51. The summed E-state index contributed by atoms with van der Waals surface area (Å²) in [6.45, 7) is 4.66. The monoisotopic (exact) mass is 195 g/mol. The first-order valence-electron chi connectivity index (χ1n) is 4.87. The molecule has 0 aliphatic carbocycles. The molecule has 76 valence electrons. The Balaban J connectivity index is 2.25. The number of piperazine rings is 1. The van der Waals surface area contributed by atoms with Gasteiger partial charge in [0.2, 0.25) is 0 Å². The highest BCUT2D eigenvalue weighted by Crippen LogP contribution is 2.18. The zero-order valence-corrected chi connectivity index (χ0v) is 8.20. The average Bonchev–Trinajstić information content (AvgIpc) is 2.20. The van der Waals surface area contributed by atoms with Crippen molar-refractivity contribution in [3.05, 3.63) is 24.1 Å². The summed E-state index contributed by atoms with van der Waals surface area (Å²) in [5.74, 6) is 0.239. The van der Waals surface area contributed by atoms with Crippen LogP contribution in [-0.4, -0.2) is 30.7 Å². The van der Waals surface area contributed by atoms with E-state index in [-0.39, 0.29) is 5.82 Å². The highest BCUT2D eigenvalue weighted by atomic mass is 19.1. The van der Waals surface area contributed by atoms with Gasteiger partial charge >= 0.3 is 0 Å². The number of rotatable bonds is 1. The molecule has 1 N–H and O–H groups in total. The first-order valence-corrected chi connectivity index (χ1v) is 4.87. The Kier molecular flexibility index (Phi) is 2.63. The Labute approximate surface area is 82.9 Å². The van der Waals surface area contributed by atoms with E-state index in [0.717, 1.165) is 19.6 Å². The molecule has 1 fully saturated rings. The van der Waals surface area contributed by atoms with Crippen LogP contribution in [0.15, 0.2) is 18.3 Å². The van der Waals surface area contributed by atoms with Crippen LogP contribution in [0, 0.1) is 5.82 Å². The van der Waals surface area contributed by atoms with Crippen molar-refractivity contribution in [1.29, 1.82) is 0 Å². The predicted molar refractivity (Wildman–Crippen MR) is 53.9 cm³/mol. The first-order chi connectivity index (χ1) is 6.79. The Hall–Kier alpha value is -1.16. The van der Waals surface area contributed by atoms with Crippen LogP contribution in [0.2, 0.25) is 0 Å². The largest absolute Gasteiger partial charge is 0.349 e. The van der Waals surface area contributed by atoms with Crippen LogP contribution in [0.4, 0.5) is 10.2 Å². The lowest BCUT2D eigenvalue weighted by Crippen LogP contribution is -2.50. The zero-order valence-electron chi connectivity index (χ0n) is 8.20. The van der Waals surface area contributed by atoms with E-state index in [4.69, 9.17) is 0 Å². The van der Waals surface area contributed by atoms with Gasteiger partial charge < -0.3 is 10.2 Å². The van der Waals surface area contributed by atoms with Crippen molar-refractivity contribution in [2.75, 3.05) is 24.5 Å². The summed E-state index contributed by atoms with van der Waals surface area (Å²) in [4.78, 5) is 6.08. The molecular formula is C10H14FN3. The topological polar surface area (TPSA) is 28.2 Å². The molecule has 0 bridgehead atoms. The van der Waals surface area contributed by atoms with Gasteiger partial charge in [-0.1, -0.05) is 0 Å². The summed E-state index contributed by atoms with van der Waals surface area (Å²) in [7, 11) is 0. The summed E-state index contributed by atoms with van der Waals surface area (Å²) < 4.78 is 13.4. The Morgan fingerprint density at radius 1 is 1.64 bits per heavy atom. The third-order valence-corrected chi connectivity index (χ3v) is 2.51. The van der Waals surface area contributed by atoms with Gasteiger partial charge in [-0.15, -0.1) is 0 Å². The van der Waals surface area contributed by atoms with Crippen LogP contribution in [0.5, 0.6) is 0 Å². The number of anilines is 1. The van der Waals surface area contributed by atoms with Crippen molar-refractivity contribution in [3.8, 4) is 0 Å². The van der Waals surface area contributed by atoms with Gasteiger partial charge in [0, 0.05) is 31.9 Å². The van der Waals surface area contributed by atoms with Gasteiger partial charge in [0.1, 0.15) is 0 Å². The summed E-state index contributed by atoms with van der Waals surface area (Å²) >= 11 is 0. The van der Waals surface area contributed by atoms with E-state index in [1.807, 2.05) is 4.90 Å². The molecule has 0 spiro atoms. The highest BCUT2D eigenvalue weighted by molar-refractivity contribution is 5.41. The normalized spacial score (nSPS) is 22.4. The van der Waals surface area contributed by atoms with E-state index in [1.54, 1.807) is 12.3 Å². The van der Waals surface area contributed by atoms with Crippen LogP contribution < -0.4 is 10.2 Å². The zero-order chi connectivity index (χ0) is 9.97. The van der Waals surface area contributed by atoms with Gasteiger partial charge in [-0.05, 0) is 19.1 Å². The molecule has 1 unspecified atom stereocenters. The second-order valence-electron chi connectivity index (χ2n) is 3.56. The molecule has 2 rings (SSSR count). The van der Waals surface area contributed by atoms with Crippen LogP contribution in [-0.2, 0) is 0 Å². The fourth-order valence-electron chi connectivity index (χ4n) is 1.74. The van der Waals surface area contributed by atoms with Crippen molar-refractivity contribution < 1.29 is 4.39 Å². The fourth-order valence-corrected chi connectivity index (χ4v) is 1.74. The number of aromatic nitrogens is 1. The molecule has 1 aromatic heterocycles. The maximum atomic E-state index is 13.4. The molecule has 0 saturated carbocycles. The van der Waals surface area contributed by atoms with Crippen LogP contribution in [0.25, 0.3) is 0 Å². The standard InChI is InChI=1S/C10H14FN3/c1-8-7-12-5-6-14(8)10-9(11)3-2-4-13-10/h2-4,8,12H,5-7H2,1H3. The molecule has 1 saturated heterocycles. The van der Waals surface area contributed by atoms with Crippen LogP contribution >= 0.6 is 0 Å². The second kappa shape index (κ2) is 3.92. The molecule has 3 nitrogen and oxygen atoms in total. The molecule has 14 heavy (non-hydrogen) atoms. The van der Waals surface area contributed by atoms with Gasteiger partial charge in [-0.3, -0.25) is 0 Å². The van der Waals surface area contributed by atoms with Gasteiger partial charge in [-0.25, -0.2) is 9.37 Å². The number of pyridine rings is 1. The number of nitrogens with zero attached hydrogens (tertiary/aromatic N) is 2. The molecule has 2 heterocycles. The van der Waals surface area contributed by atoms with E-state index in [2.05, 4.69) is 17.2 Å². The molecule has 1 atom stereocenters. The molecule has 1 aliphatic rings. The maximum Gasteiger partial charge on any atom is 0.165 e. The Bertz CT molecular complexity index is 316. The minimum Gasteiger partial charge on any atom is -0.349 e. The lowest BCUT2D eigenvalue weighted by atomic mass is 10.2. The van der Waals surface area contributed by atoms with E-state index >= 15 is 0 Å². The SMILES string of the molecule is CC1CNCCN1c1ncccc1F. The summed E-state index contributed by atoms with van der Waals surface area (Å²) in [6, 6.07) is 3.37. The summed E-state index contributed by atoms with van der Waals surface area (Å²) in [5, 5.41) is 3.26. The maximum absolute atomic E-state index is 13.4. The summed E-state index contributed by atoms with van der Waals surface area (Å²) in [5.41, 5.74) is 0. The van der Waals surface area contributed by atoms with Crippen molar-refractivity contribution in [1.82, 2.24) is 10.3 Å². The third kappa shape index (κ3) is 1.70. The minimum atomic E-state index is -0.235. The Morgan fingerprint density at radius 3 is 3.21 bits per heavy atom. The lowest BCUT2D eigenvalue weighted by molar-refractivity contribution is 0.485. The van der Waals surface area contributed by atoms with Gasteiger partial charge in [0.15, 0.2) is 11.6 Å². The van der Waals surface area contributed by atoms with Crippen molar-refractivity contribution >= 4 is 5.82 Å². The predicted octanol–water partition coefficient (Wildman–Crippen LogP) is 1.02. The molecule has 4 heteroatoms. The highest BCUT2D eigenvalue weighted by Gasteiger charge is 2.21. The smallest absolute Gasteiger partial charge is 0.165 e. The van der Waals surface area contributed by atoms with Crippen molar-refractivity contribution in [2.45, 2.75) is 13.0 Å². The van der Waals surface area contributed by atoms with Gasteiger partial charge in [0.05, 0.1) is 0 Å². The van der Waals surface area contributed by atoms with E-state index in [9.17, 15) is 4.39 Å². The van der Waals surface area contributed by atoms with E-state index in [0.29, 0.717) is 11.9 Å².